The van der Waals surface area contributed by atoms with Crippen molar-refractivity contribution in [1.82, 2.24) is 0 Å². The first-order valence-electron chi connectivity index (χ1n) is 2.19. The Kier molecular flexibility index (Phi) is 5.49. The van der Waals surface area contributed by atoms with Crippen LogP contribution < -0.4 is 0 Å². The SMILES string of the molecule is O=C(Cl)CCCOCl. The third kappa shape index (κ3) is 6.21. The first kappa shape index (κ1) is 8.21. The minimum Gasteiger partial charge on any atom is -0.281 e. The molecule has 0 radical (unpaired) electrons. The molecular formula is C4H6Cl2O2. The highest BCUT2D eigenvalue weighted by atomic mass is 35.5. The van der Waals surface area contributed by atoms with Crippen LogP contribution in [0, 0.1) is 0 Å². The quantitative estimate of drug-likeness (QED) is 0.458. The van der Waals surface area contributed by atoms with Crippen LogP contribution in [0.25, 0.3) is 0 Å². The van der Waals surface area contributed by atoms with Gasteiger partial charge in [0.1, 0.15) is 0 Å². The predicted octanol–water partition coefficient (Wildman–Crippen LogP) is 1.70. The molecule has 0 saturated heterocycles. The lowest BCUT2D eigenvalue weighted by Crippen LogP contribution is -1.89. The Balaban J connectivity index is 2.82. The second-order valence-electron chi connectivity index (χ2n) is 1.27. The summed E-state index contributed by atoms with van der Waals surface area (Å²) in [6, 6.07) is 0. The topological polar surface area (TPSA) is 26.3 Å². The Morgan fingerprint density at radius 2 is 2.25 bits per heavy atom. The van der Waals surface area contributed by atoms with Gasteiger partial charge in [0.05, 0.1) is 18.5 Å². The fraction of sp³-hybridized carbons (Fsp3) is 0.750. The number of hydrogen-bond acceptors (Lipinski definition) is 2. The van der Waals surface area contributed by atoms with Crippen molar-refractivity contribution in [1.29, 1.82) is 0 Å². The summed E-state index contributed by atoms with van der Waals surface area (Å²) < 4.78 is 4.15. The second kappa shape index (κ2) is 5.35. The van der Waals surface area contributed by atoms with Crippen LogP contribution in [-0.2, 0) is 9.08 Å². The zero-order chi connectivity index (χ0) is 6.41. The van der Waals surface area contributed by atoms with Gasteiger partial charge < -0.3 is 0 Å². The molecule has 2 nitrogen and oxygen atoms in total. The Morgan fingerprint density at radius 1 is 1.62 bits per heavy atom. The van der Waals surface area contributed by atoms with Crippen LogP contribution in [0.2, 0.25) is 0 Å². The lowest BCUT2D eigenvalue weighted by Gasteiger charge is -1.88. The number of carbonyl (C=O) groups excluding carboxylic acids is 1. The Labute approximate surface area is 57.9 Å². The standard InChI is InChI=1S/C4H6Cl2O2/c5-4(7)2-1-3-8-6/h1-3H2. The van der Waals surface area contributed by atoms with E-state index in [2.05, 4.69) is 4.29 Å². The summed E-state index contributed by atoms with van der Waals surface area (Å²) in [5.74, 6) is 0. The fourth-order valence-corrected chi connectivity index (χ4v) is 0.508. The highest BCUT2D eigenvalue weighted by molar-refractivity contribution is 6.63. The average molecular weight is 157 g/mol. The Morgan fingerprint density at radius 3 is 2.62 bits per heavy atom. The van der Waals surface area contributed by atoms with E-state index in [4.69, 9.17) is 23.5 Å². The van der Waals surface area contributed by atoms with E-state index >= 15 is 0 Å². The van der Waals surface area contributed by atoms with Crippen molar-refractivity contribution in [2.24, 2.45) is 0 Å². The van der Waals surface area contributed by atoms with Crippen molar-refractivity contribution >= 4 is 28.7 Å². The van der Waals surface area contributed by atoms with Gasteiger partial charge in [-0.25, -0.2) is 0 Å². The Hall–Kier alpha value is 0.210. The number of hydrogen-bond donors (Lipinski definition) is 0. The maximum Gasteiger partial charge on any atom is 0.221 e. The van der Waals surface area contributed by atoms with E-state index in [0.29, 0.717) is 19.4 Å². The van der Waals surface area contributed by atoms with Crippen LogP contribution >= 0.6 is 23.5 Å². The van der Waals surface area contributed by atoms with Gasteiger partial charge in [-0.2, -0.15) is 0 Å². The lowest BCUT2D eigenvalue weighted by molar-refractivity contribution is -0.111. The summed E-state index contributed by atoms with van der Waals surface area (Å²) in [5.41, 5.74) is 0. The minimum absolute atomic E-state index is 0.328. The van der Waals surface area contributed by atoms with Gasteiger partial charge in [-0.05, 0) is 18.0 Å². The predicted molar refractivity (Wildman–Crippen MR) is 31.9 cm³/mol. The zero-order valence-electron chi connectivity index (χ0n) is 4.19. The van der Waals surface area contributed by atoms with E-state index in [1.165, 1.54) is 0 Å². The highest BCUT2D eigenvalue weighted by Crippen LogP contribution is 1.95. The largest absolute Gasteiger partial charge is 0.281 e. The molecule has 0 heterocycles. The van der Waals surface area contributed by atoms with Crippen LogP contribution in [-0.4, -0.2) is 11.8 Å². The monoisotopic (exact) mass is 156 g/mol. The van der Waals surface area contributed by atoms with Gasteiger partial charge in [0.2, 0.25) is 5.24 Å². The molecule has 0 aromatic heterocycles. The zero-order valence-corrected chi connectivity index (χ0v) is 5.71. The third-order valence-electron chi connectivity index (χ3n) is 0.595. The molecule has 0 saturated carbocycles. The summed E-state index contributed by atoms with van der Waals surface area (Å²) in [4.78, 5) is 9.99. The first-order valence-corrected chi connectivity index (χ1v) is 2.88. The van der Waals surface area contributed by atoms with E-state index in [-0.39, 0.29) is 5.24 Å². The highest BCUT2D eigenvalue weighted by Gasteiger charge is 1.93. The van der Waals surface area contributed by atoms with Gasteiger partial charge in [0.15, 0.2) is 0 Å². The van der Waals surface area contributed by atoms with Crippen LogP contribution in [0.5, 0.6) is 0 Å². The van der Waals surface area contributed by atoms with Crippen LogP contribution in [0.4, 0.5) is 0 Å². The van der Waals surface area contributed by atoms with Crippen molar-refractivity contribution in [2.45, 2.75) is 12.8 Å². The van der Waals surface area contributed by atoms with Crippen molar-refractivity contribution in [3.8, 4) is 0 Å². The third-order valence-corrected chi connectivity index (χ3v) is 0.938. The summed E-state index contributed by atoms with van der Waals surface area (Å²) in [6.07, 6.45) is 0.917. The molecule has 0 aliphatic carbocycles. The van der Waals surface area contributed by atoms with Crippen molar-refractivity contribution < 1.29 is 9.08 Å². The molecule has 0 atom stereocenters. The maximum absolute atomic E-state index is 9.99. The molecule has 0 amide bonds. The van der Waals surface area contributed by atoms with E-state index in [1.807, 2.05) is 0 Å². The molecule has 8 heavy (non-hydrogen) atoms. The van der Waals surface area contributed by atoms with Gasteiger partial charge in [0, 0.05) is 6.42 Å². The van der Waals surface area contributed by atoms with Gasteiger partial charge in [-0.15, -0.1) is 0 Å². The Bertz CT molecular complexity index is 74.4. The molecule has 0 N–H and O–H groups in total. The number of halogens is 2. The molecule has 0 aromatic carbocycles. The molecule has 0 rings (SSSR count). The molecule has 4 heteroatoms. The van der Waals surface area contributed by atoms with Gasteiger partial charge >= 0.3 is 0 Å². The molecule has 0 bridgehead atoms. The normalized spacial score (nSPS) is 9.25. The first-order chi connectivity index (χ1) is 3.77. The van der Waals surface area contributed by atoms with Crippen LogP contribution in [0.15, 0.2) is 0 Å². The van der Waals surface area contributed by atoms with Crippen molar-refractivity contribution in [3.05, 3.63) is 0 Å². The fourth-order valence-electron chi connectivity index (χ4n) is 0.266. The maximum atomic E-state index is 9.99. The number of rotatable bonds is 4. The van der Waals surface area contributed by atoms with E-state index < -0.39 is 0 Å². The van der Waals surface area contributed by atoms with E-state index in [0.717, 1.165) is 0 Å². The minimum atomic E-state index is -0.348. The lowest BCUT2D eigenvalue weighted by atomic mass is 10.3. The summed E-state index contributed by atoms with van der Waals surface area (Å²) in [5, 5.41) is -0.348. The molecule has 0 aliphatic heterocycles. The molecular weight excluding hydrogens is 151 g/mol. The van der Waals surface area contributed by atoms with Crippen molar-refractivity contribution in [3.63, 3.8) is 0 Å². The second-order valence-corrected chi connectivity index (χ2v) is 1.91. The average Bonchev–Trinajstić information content (AvgIpc) is 1.66. The summed E-state index contributed by atoms with van der Waals surface area (Å²) in [7, 11) is 0. The smallest absolute Gasteiger partial charge is 0.221 e. The van der Waals surface area contributed by atoms with Gasteiger partial charge in [0.25, 0.3) is 0 Å². The van der Waals surface area contributed by atoms with Crippen LogP contribution in [0.3, 0.4) is 0 Å². The van der Waals surface area contributed by atoms with E-state index in [9.17, 15) is 4.79 Å². The van der Waals surface area contributed by atoms with Crippen molar-refractivity contribution in [2.75, 3.05) is 6.61 Å². The molecule has 0 fully saturated rings. The summed E-state index contributed by atoms with van der Waals surface area (Å²) >= 11 is 9.81. The molecule has 0 aromatic rings. The number of carbonyl (C=O) groups is 1. The summed E-state index contributed by atoms with van der Waals surface area (Å²) in [6.45, 7) is 0.375. The van der Waals surface area contributed by atoms with Crippen LogP contribution in [0.1, 0.15) is 12.8 Å². The molecule has 48 valence electrons. The molecule has 0 unspecified atom stereocenters. The van der Waals surface area contributed by atoms with E-state index in [1.54, 1.807) is 0 Å². The van der Waals surface area contributed by atoms with Gasteiger partial charge in [-0.1, -0.05) is 0 Å². The van der Waals surface area contributed by atoms with Gasteiger partial charge in [-0.3, -0.25) is 9.08 Å². The molecule has 0 aliphatic rings. The molecule has 0 spiro atoms.